The molecule has 0 atom stereocenters. The number of aromatic hydroxyl groups is 1. The fourth-order valence-electron chi connectivity index (χ4n) is 1.55. The second-order valence-electron chi connectivity index (χ2n) is 3.81. The van der Waals surface area contributed by atoms with E-state index < -0.39 is 0 Å². The third kappa shape index (κ3) is 3.20. The molecular formula is C13H18O4. The highest BCUT2D eigenvalue weighted by molar-refractivity contribution is 5.99. The second-order valence-corrected chi connectivity index (χ2v) is 3.81. The van der Waals surface area contributed by atoms with Gasteiger partial charge in [-0.15, -0.1) is 0 Å². The standard InChI is InChI=1S/C13H18O4/c1-4-5-11(14)10-6-7-12(17-8-16-3)9(2)13(10)15/h6-7,15H,4-5,8H2,1-3H3. The van der Waals surface area contributed by atoms with Gasteiger partial charge in [0.2, 0.25) is 0 Å². The zero-order valence-corrected chi connectivity index (χ0v) is 10.4. The quantitative estimate of drug-likeness (QED) is 0.611. The molecule has 0 radical (unpaired) electrons. The van der Waals surface area contributed by atoms with Gasteiger partial charge < -0.3 is 14.6 Å². The lowest BCUT2D eigenvalue weighted by molar-refractivity contribution is 0.0504. The second kappa shape index (κ2) is 6.25. The van der Waals surface area contributed by atoms with Crippen molar-refractivity contribution >= 4 is 5.78 Å². The van der Waals surface area contributed by atoms with Crippen molar-refractivity contribution in [3.63, 3.8) is 0 Å². The number of benzene rings is 1. The molecule has 1 rings (SSSR count). The monoisotopic (exact) mass is 238 g/mol. The third-order valence-corrected chi connectivity index (χ3v) is 2.49. The van der Waals surface area contributed by atoms with Crippen LogP contribution in [-0.2, 0) is 4.74 Å². The van der Waals surface area contributed by atoms with E-state index in [1.807, 2.05) is 6.92 Å². The maximum atomic E-state index is 11.7. The highest BCUT2D eigenvalue weighted by Crippen LogP contribution is 2.31. The molecule has 0 unspecified atom stereocenters. The van der Waals surface area contributed by atoms with E-state index in [1.54, 1.807) is 19.1 Å². The zero-order chi connectivity index (χ0) is 12.8. The van der Waals surface area contributed by atoms with Gasteiger partial charge in [0.1, 0.15) is 11.5 Å². The van der Waals surface area contributed by atoms with Gasteiger partial charge in [-0.1, -0.05) is 6.92 Å². The SMILES string of the molecule is CCCC(=O)c1ccc(OCOC)c(C)c1O. The summed E-state index contributed by atoms with van der Waals surface area (Å²) < 4.78 is 10.1. The molecular weight excluding hydrogens is 220 g/mol. The Morgan fingerprint density at radius 3 is 2.71 bits per heavy atom. The molecule has 0 amide bonds. The van der Waals surface area contributed by atoms with Gasteiger partial charge in [0.15, 0.2) is 12.6 Å². The highest BCUT2D eigenvalue weighted by atomic mass is 16.7. The minimum absolute atomic E-state index is 0.00273. The summed E-state index contributed by atoms with van der Waals surface area (Å²) in [5.41, 5.74) is 0.915. The summed E-state index contributed by atoms with van der Waals surface area (Å²) in [6.07, 6.45) is 1.20. The third-order valence-electron chi connectivity index (χ3n) is 2.49. The van der Waals surface area contributed by atoms with E-state index in [9.17, 15) is 9.90 Å². The first-order valence-electron chi connectivity index (χ1n) is 5.59. The lowest BCUT2D eigenvalue weighted by Crippen LogP contribution is -2.03. The zero-order valence-electron chi connectivity index (χ0n) is 10.4. The Labute approximate surface area is 101 Å². The molecule has 1 aromatic rings. The number of hydrogen-bond donors (Lipinski definition) is 1. The molecule has 0 heterocycles. The maximum Gasteiger partial charge on any atom is 0.188 e. The van der Waals surface area contributed by atoms with E-state index in [2.05, 4.69) is 0 Å². The van der Waals surface area contributed by atoms with E-state index in [0.717, 1.165) is 6.42 Å². The lowest BCUT2D eigenvalue weighted by Gasteiger charge is -2.11. The van der Waals surface area contributed by atoms with Gasteiger partial charge in [-0.3, -0.25) is 4.79 Å². The molecule has 0 spiro atoms. The van der Waals surface area contributed by atoms with Crippen LogP contribution in [0, 0.1) is 6.92 Å². The van der Waals surface area contributed by atoms with Gasteiger partial charge in [-0.2, -0.15) is 0 Å². The number of phenolic OH excluding ortho intramolecular Hbond substituents is 1. The fraction of sp³-hybridized carbons (Fsp3) is 0.462. The molecule has 0 aliphatic rings. The average Bonchev–Trinajstić information content (AvgIpc) is 2.31. The number of methoxy groups -OCH3 is 1. The minimum Gasteiger partial charge on any atom is -0.507 e. The van der Waals surface area contributed by atoms with Crippen LogP contribution < -0.4 is 4.74 Å². The summed E-state index contributed by atoms with van der Waals surface area (Å²) in [6, 6.07) is 3.27. The van der Waals surface area contributed by atoms with Crippen LogP contribution in [0.2, 0.25) is 0 Å². The van der Waals surface area contributed by atoms with Crippen molar-refractivity contribution in [2.75, 3.05) is 13.9 Å². The Morgan fingerprint density at radius 1 is 1.41 bits per heavy atom. The van der Waals surface area contributed by atoms with Crippen molar-refractivity contribution in [2.45, 2.75) is 26.7 Å². The van der Waals surface area contributed by atoms with E-state index in [0.29, 0.717) is 23.3 Å². The normalized spacial score (nSPS) is 10.3. The molecule has 0 saturated heterocycles. The smallest absolute Gasteiger partial charge is 0.188 e. The van der Waals surface area contributed by atoms with Crippen molar-refractivity contribution in [3.8, 4) is 11.5 Å². The summed E-state index contributed by atoms with van der Waals surface area (Å²) in [6.45, 7) is 3.75. The first-order chi connectivity index (χ1) is 8.11. The summed E-state index contributed by atoms with van der Waals surface area (Å²) in [5.74, 6) is 0.473. The molecule has 0 aliphatic heterocycles. The van der Waals surface area contributed by atoms with Crippen LogP contribution in [0.4, 0.5) is 0 Å². The first kappa shape index (κ1) is 13.5. The van der Waals surface area contributed by atoms with Crippen LogP contribution in [0.1, 0.15) is 35.7 Å². The van der Waals surface area contributed by atoms with E-state index in [1.165, 1.54) is 7.11 Å². The van der Waals surface area contributed by atoms with E-state index in [-0.39, 0.29) is 18.3 Å². The molecule has 17 heavy (non-hydrogen) atoms. The van der Waals surface area contributed by atoms with Gasteiger partial charge in [-0.05, 0) is 25.5 Å². The van der Waals surface area contributed by atoms with Crippen LogP contribution in [-0.4, -0.2) is 24.8 Å². The average molecular weight is 238 g/mol. The Morgan fingerprint density at radius 2 is 2.12 bits per heavy atom. The van der Waals surface area contributed by atoms with Gasteiger partial charge in [-0.25, -0.2) is 0 Å². The van der Waals surface area contributed by atoms with Crippen molar-refractivity contribution in [1.29, 1.82) is 0 Å². The number of rotatable bonds is 6. The maximum absolute atomic E-state index is 11.7. The molecule has 1 aromatic carbocycles. The van der Waals surface area contributed by atoms with Gasteiger partial charge in [0.05, 0.1) is 5.56 Å². The van der Waals surface area contributed by atoms with Crippen molar-refractivity contribution in [1.82, 2.24) is 0 Å². The Hall–Kier alpha value is -1.55. The van der Waals surface area contributed by atoms with Crippen LogP contribution in [0.25, 0.3) is 0 Å². The number of ketones is 1. The number of hydrogen-bond acceptors (Lipinski definition) is 4. The summed E-state index contributed by atoms with van der Waals surface area (Å²) in [4.78, 5) is 11.7. The number of carbonyl (C=O) groups is 1. The van der Waals surface area contributed by atoms with Gasteiger partial charge in [0.25, 0.3) is 0 Å². The Balaban J connectivity index is 2.97. The molecule has 94 valence electrons. The summed E-state index contributed by atoms with van der Waals surface area (Å²) in [7, 11) is 1.52. The van der Waals surface area contributed by atoms with E-state index in [4.69, 9.17) is 9.47 Å². The Kier molecular flexibility index (Phi) is 4.97. The lowest BCUT2D eigenvalue weighted by atomic mass is 10.0. The van der Waals surface area contributed by atoms with Crippen molar-refractivity contribution in [3.05, 3.63) is 23.3 Å². The predicted molar refractivity (Wildman–Crippen MR) is 64.6 cm³/mol. The minimum atomic E-state index is -0.0496. The molecule has 0 aliphatic carbocycles. The number of carbonyl (C=O) groups excluding carboxylic acids is 1. The molecule has 4 nitrogen and oxygen atoms in total. The number of Topliss-reactive ketones (excluding diaryl/α,β-unsaturated/α-hetero) is 1. The van der Waals surface area contributed by atoms with Crippen LogP contribution in [0.15, 0.2) is 12.1 Å². The molecule has 0 saturated carbocycles. The molecule has 0 bridgehead atoms. The fourth-order valence-corrected chi connectivity index (χ4v) is 1.55. The largest absolute Gasteiger partial charge is 0.507 e. The number of phenols is 1. The van der Waals surface area contributed by atoms with Gasteiger partial charge in [0, 0.05) is 19.1 Å². The molecule has 1 N–H and O–H groups in total. The molecule has 4 heteroatoms. The predicted octanol–water partition coefficient (Wildman–Crippen LogP) is 2.67. The number of ether oxygens (including phenoxy) is 2. The van der Waals surface area contributed by atoms with E-state index >= 15 is 0 Å². The van der Waals surface area contributed by atoms with Crippen LogP contribution in [0.5, 0.6) is 11.5 Å². The van der Waals surface area contributed by atoms with Crippen LogP contribution in [0.3, 0.4) is 0 Å². The van der Waals surface area contributed by atoms with Crippen molar-refractivity contribution < 1.29 is 19.4 Å². The molecule has 0 fully saturated rings. The molecule has 0 aromatic heterocycles. The Bertz CT molecular complexity index is 399. The topological polar surface area (TPSA) is 55.8 Å². The summed E-state index contributed by atoms with van der Waals surface area (Å²) >= 11 is 0. The van der Waals surface area contributed by atoms with Gasteiger partial charge >= 0.3 is 0 Å². The first-order valence-corrected chi connectivity index (χ1v) is 5.59. The summed E-state index contributed by atoms with van der Waals surface area (Å²) in [5, 5.41) is 9.93. The van der Waals surface area contributed by atoms with Crippen molar-refractivity contribution in [2.24, 2.45) is 0 Å². The van der Waals surface area contributed by atoms with Crippen LogP contribution >= 0.6 is 0 Å². The highest BCUT2D eigenvalue weighted by Gasteiger charge is 2.15.